The molecule has 4 heterocycles. The van der Waals surface area contributed by atoms with Gasteiger partial charge < -0.3 is 10.4 Å². The van der Waals surface area contributed by atoms with Crippen LogP contribution in [-0.4, -0.2) is 35.3 Å². The van der Waals surface area contributed by atoms with Gasteiger partial charge in [-0.3, -0.25) is 14.0 Å². The highest BCUT2D eigenvalue weighted by Gasteiger charge is 2.29. The molecule has 1 amide bonds. The number of nitrogens with zero attached hydrogens (tertiary/aromatic N) is 5. The highest BCUT2D eigenvalue weighted by molar-refractivity contribution is 6.19. The molecule has 1 aliphatic heterocycles. The number of amides is 1. The Morgan fingerprint density at radius 2 is 1.89 bits per heavy atom. The van der Waals surface area contributed by atoms with Crippen molar-refractivity contribution >= 4 is 22.8 Å². The van der Waals surface area contributed by atoms with Crippen molar-refractivity contribution < 1.29 is 9.90 Å². The molecule has 0 aliphatic carbocycles. The normalized spacial score (nSPS) is 12.8. The summed E-state index contributed by atoms with van der Waals surface area (Å²) in [7, 11) is 1.78. The summed E-state index contributed by atoms with van der Waals surface area (Å²) in [5.41, 5.74) is 5.04. The number of hydrogen-bond acceptors (Lipinski definition) is 5. The van der Waals surface area contributed by atoms with Crippen LogP contribution in [0, 0.1) is 20.8 Å². The van der Waals surface area contributed by atoms with Gasteiger partial charge in [0.1, 0.15) is 23.0 Å². The standard InChI is InChI=1S/C20H18N6O2/c1-9-5-6-14(27)10(2)17(9)26-8-13-15-16(22-11(3)23-19(15)26)12-7-21-25(4)18(12)24-20(13)28/h5-8,27H,1-4H3,(H,24,28). The molecule has 28 heavy (non-hydrogen) atoms. The van der Waals surface area contributed by atoms with E-state index in [-0.39, 0.29) is 11.7 Å². The quantitative estimate of drug-likeness (QED) is 0.534. The Hall–Kier alpha value is -3.68. The molecule has 4 aromatic rings. The molecule has 0 fully saturated rings. The lowest BCUT2D eigenvalue weighted by molar-refractivity contribution is 0.102. The van der Waals surface area contributed by atoms with Crippen molar-refractivity contribution in [1.29, 1.82) is 0 Å². The third-order valence-electron chi connectivity index (χ3n) is 5.27. The summed E-state index contributed by atoms with van der Waals surface area (Å²) in [6.07, 6.45) is 3.47. The number of phenols is 1. The number of hydrogen-bond donors (Lipinski definition) is 2. The number of nitrogens with one attached hydrogen (secondary N) is 1. The molecular weight excluding hydrogens is 356 g/mol. The maximum Gasteiger partial charge on any atom is 0.259 e. The lowest BCUT2D eigenvalue weighted by atomic mass is 10.1. The average molecular weight is 374 g/mol. The number of carbonyl (C=O) groups excluding carboxylic acids is 1. The largest absolute Gasteiger partial charge is 0.508 e. The average Bonchev–Trinajstić information content (AvgIpc) is 3.16. The van der Waals surface area contributed by atoms with E-state index in [2.05, 4.69) is 20.4 Å². The van der Waals surface area contributed by atoms with E-state index in [0.717, 1.165) is 22.4 Å². The summed E-state index contributed by atoms with van der Waals surface area (Å²) < 4.78 is 3.49. The fourth-order valence-electron chi connectivity index (χ4n) is 3.90. The molecule has 0 bridgehead atoms. The van der Waals surface area contributed by atoms with Gasteiger partial charge in [0, 0.05) is 18.8 Å². The maximum absolute atomic E-state index is 13.0. The molecule has 8 heteroatoms. The summed E-state index contributed by atoms with van der Waals surface area (Å²) in [5.74, 6) is 1.15. The third-order valence-corrected chi connectivity index (χ3v) is 5.27. The smallest absolute Gasteiger partial charge is 0.259 e. The Bertz CT molecular complexity index is 1310. The van der Waals surface area contributed by atoms with E-state index in [1.54, 1.807) is 30.2 Å². The molecule has 0 spiro atoms. The Morgan fingerprint density at radius 3 is 2.68 bits per heavy atom. The van der Waals surface area contributed by atoms with Crippen LogP contribution in [0.1, 0.15) is 27.3 Å². The zero-order valence-electron chi connectivity index (χ0n) is 15.9. The Morgan fingerprint density at radius 1 is 1.11 bits per heavy atom. The molecule has 1 aliphatic rings. The van der Waals surface area contributed by atoms with E-state index in [1.165, 1.54) is 0 Å². The molecule has 3 aromatic heterocycles. The minimum absolute atomic E-state index is 0.195. The first kappa shape index (κ1) is 16.5. The van der Waals surface area contributed by atoms with Crippen LogP contribution < -0.4 is 5.32 Å². The number of rotatable bonds is 1. The van der Waals surface area contributed by atoms with E-state index < -0.39 is 0 Å². The van der Waals surface area contributed by atoms with Crippen molar-refractivity contribution in [2.24, 2.45) is 7.05 Å². The van der Waals surface area contributed by atoms with Gasteiger partial charge in [0.05, 0.1) is 34.1 Å². The first-order chi connectivity index (χ1) is 13.4. The molecule has 8 nitrogen and oxygen atoms in total. The van der Waals surface area contributed by atoms with Crippen LogP contribution >= 0.6 is 0 Å². The van der Waals surface area contributed by atoms with Gasteiger partial charge in [0.15, 0.2) is 0 Å². The van der Waals surface area contributed by atoms with Crippen LogP contribution in [0.3, 0.4) is 0 Å². The number of aromatic hydroxyl groups is 1. The number of benzene rings is 1. The molecule has 0 saturated carbocycles. The zero-order valence-corrected chi connectivity index (χ0v) is 15.9. The predicted octanol–water partition coefficient (Wildman–Crippen LogP) is 3.02. The monoisotopic (exact) mass is 374 g/mol. The summed E-state index contributed by atoms with van der Waals surface area (Å²) >= 11 is 0. The number of aryl methyl sites for hydroxylation is 3. The summed E-state index contributed by atoms with van der Waals surface area (Å²) in [5, 5.41) is 18.1. The van der Waals surface area contributed by atoms with Crippen molar-refractivity contribution in [3.05, 3.63) is 47.0 Å². The first-order valence-corrected chi connectivity index (χ1v) is 8.89. The van der Waals surface area contributed by atoms with Crippen LogP contribution in [0.4, 0.5) is 5.82 Å². The predicted molar refractivity (Wildman–Crippen MR) is 105 cm³/mol. The van der Waals surface area contributed by atoms with Crippen molar-refractivity contribution in [3.63, 3.8) is 0 Å². The number of phenolic OH excluding ortho intramolecular Hbond substituents is 1. The second-order valence-electron chi connectivity index (χ2n) is 7.09. The number of fused-ring (bicyclic) bond motifs is 2. The van der Waals surface area contributed by atoms with Gasteiger partial charge in [-0.2, -0.15) is 5.10 Å². The molecule has 0 unspecified atom stereocenters. The molecule has 140 valence electrons. The van der Waals surface area contributed by atoms with Crippen molar-refractivity contribution in [1.82, 2.24) is 24.3 Å². The Labute approximate surface area is 160 Å². The van der Waals surface area contributed by atoms with E-state index in [4.69, 9.17) is 0 Å². The van der Waals surface area contributed by atoms with Crippen LogP contribution in [0.5, 0.6) is 5.75 Å². The van der Waals surface area contributed by atoms with Crippen LogP contribution in [0.25, 0.3) is 28.0 Å². The summed E-state index contributed by atoms with van der Waals surface area (Å²) in [6.45, 7) is 5.64. The Balaban J connectivity index is 1.95. The minimum Gasteiger partial charge on any atom is -0.508 e. The van der Waals surface area contributed by atoms with Crippen LogP contribution in [0.2, 0.25) is 0 Å². The van der Waals surface area contributed by atoms with Gasteiger partial charge >= 0.3 is 0 Å². The van der Waals surface area contributed by atoms with Gasteiger partial charge in [-0.15, -0.1) is 0 Å². The van der Waals surface area contributed by atoms with Crippen molar-refractivity contribution in [2.45, 2.75) is 20.8 Å². The topological polar surface area (TPSA) is 97.9 Å². The SMILES string of the molecule is Cc1nc2c3c(cn(-c4c(C)ccc(O)c4C)c3n1)C(=O)Nc1c-2cnn1C. The summed E-state index contributed by atoms with van der Waals surface area (Å²) in [6, 6.07) is 3.52. The molecule has 0 saturated heterocycles. The second kappa shape index (κ2) is 5.41. The molecule has 0 radical (unpaired) electrons. The fraction of sp³-hybridized carbons (Fsp3) is 0.200. The second-order valence-corrected chi connectivity index (χ2v) is 7.09. The third kappa shape index (κ3) is 2.05. The van der Waals surface area contributed by atoms with Crippen LogP contribution in [0.15, 0.2) is 24.5 Å². The van der Waals surface area contributed by atoms with E-state index >= 15 is 0 Å². The van der Waals surface area contributed by atoms with E-state index in [9.17, 15) is 9.90 Å². The minimum atomic E-state index is -0.240. The highest BCUT2D eigenvalue weighted by atomic mass is 16.3. The van der Waals surface area contributed by atoms with Gasteiger partial charge in [-0.1, -0.05) is 6.07 Å². The highest BCUT2D eigenvalue weighted by Crippen LogP contribution is 2.39. The molecule has 0 atom stereocenters. The fourth-order valence-corrected chi connectivity index (χ4v) is 3.90. The zero-order chi connectivity index (χ0) is 19.7. The molecule has 5 rings (SSSR count). The van der Waals surface area contributed by atoms with Gasteiger partial charge in [0.25, 0.3) is 5.91 Å². The number of aromatic nitrogens is 5. The van der Waals surface area contributed by atoms with E-state index in [0.29, 0.717) is 33.9 Å². The Kier molecular flexibility index (Phi) is 3.19. The van der Waals surface area contributed by atoms with E-state index in [1.807, 2.05) is 31.4 Å². The molecule has 2 N–H and O–H groups in total. The number of carbonyl (C=O) groups is 1. The molecular formula is C20H18N6O2. The van der Waals surface area contributed by atoms with Crippen molar-refractivity contribution in [2.75, 3.05) is 5.32 Å². The van der Waals surface area contributed by atoms with Gasteiger partial charge in [0.2, 0.25) is 0 Å². The molecule has 1 aromatic carbocycles. The number of anilines is 1. The summed E-state index contributed by atoms with van der Waals surface area (Å²) in [4.78, 5) is 22.3. The van der Waals surface area contributed by atoms with Crippen LogP contribution in [-0.2, 0) is 7.05 Å². The van der Waals surface area contributed by atoms with Crippen molar-refractivity contribution in [3.8, 4) is 22.7 Å². The van der Waals surface area contributed by atoms with Gasteiger partial charge in [-0.05, 0) is 32.4 Å². The first-order valence-electron chi connectivity index (χ1n) is 8.89. The lowest BCUT2D eigenvalue weighted by Gasteiger charge is -2.14. The van der Waals surface area contributed by atoms with Gasteiger partial charge in [-0.25, -0.2) is 9.97 Å². The maximum atomic E-state index is 13.0. The lowest BCUT2D eigenvalue weighted by Crippen LogP contribution is -2.13.